The topological polar surface area (TPSA) is 52.7 Å². The van der Waals surface area contributed by atoms with Gasteiger partial charge in [0.2, 0.25) is 5.91 Å². The lowest BCUT2D eigenvalue weighted by molar-refractivity contribution is -0.126. The molecule has 1 aliphatic heterocycles. The van der Waals surface area contributed by atoms with Crippen LogP contribution in [0.4, 0.5) is 0 Å². The summed E-state index contributed by atoms with van der Waals surface area (Å²) in [5.74, 6) is 0.0532. The van der Waals surface area contributed by atoms with Gasteiger partial charge in [-0.15, -0.1) is 0 Å². The van der Waals surface area contributed by atoms with E-state index < -0.39 is 0 Å². The normalized spacial score (nSPS) is 23.3. The molecular formula is C25H31N3O2. The van der Waals surface area contributed by atoms with Crippen molar-refractivity contribution in [3.63, 3.8) is 0 Å². The molecule has 158 valence electrons. The molecule has 0 spiro atoms. The Bertz CT molecular complexity index is 840. The van der Waals surface area contributed by atoms with Gasteiger partial charge in [0.25, 0.3) is 5.91 Å². The van der Waals surface area contributed by atoms with Crippen molar-refractivity contribution in [3.8, 4) is 0 Å². The summed E-state index contributed by atoms with van der Waals surface area (Å²) in [6, 6.07) is 19.9. The summed E-state index contributed by atoms with van der Waals surface area (Å²) in [5, 5.41) is 3.15. The summed E-state index contributed by atoms with van der Waals surface area (Å²) < 4.78 is 0. The number of hydrogen-bond acceptors (Lipinski definition) is 3. The number of nitrogens with one attached hydrogen (secondary N) is 1. The molecule has 30 heavy (non-hydrogen) atoms. The second kappa shape index (κ2) is 9.90. The van der Waals surface area contributed by atoms with Crippen LogP contribution in [0, 0.1) is 5.92 Å². The second-order valence-corrected chi connectivity index (χ2v) is 8.38. The van der Waals surface area contributed by atoms with Crippen LogP contribution in [0.15, 0.2) is 60.7 Å². The molecule has 1 saturated carbocycles. The van der Waals surface area contributed by atoms with E-state index in [-0.39, 0.29) is 23.8 Å². The SMILES string of the molecule is O=C1NCCN(Cc2ccccc2)CCCN(C(=O)c2ccccc2)[C@H]2CCC[C@@H]12. The average Bonchev–Trinajstić information content (AvgIpc) is 3.26. The van der Waals surface area contributed by atoms with Gasteiger partial charge in [0.1, 0.15) is 0 Å². The zero-order valence-corrected chi connectivity index (χ0v) is 17.5. The first-order chi connectivity index (χ1) is 14.7. The van der Waals surface area contributed by atoms with E-state index in [1.807, 2.05) is 41.3 Å². The molecule has 1 heterocycles. The number of hydrogen-bond donors (Lipinski definition) is 1. The highest BCUT2D eigenvalue weighted by molar-refractivity contribution is 5.95. The number of benzene rings is 2. The van der Waals surface area contributed by atoms with Crippen LogP contribution in [0.3, 0.4) is 0 Å². The van der Waals surface area contributed by atoms with E-state index in [1.54, 1.807) is 0 Å². The van der Waals surface area contributed by atoms with Crippen LogP contribution in [0.25, 0.3) is 0 Å². The van der Waals surface area contributed by atoms with Gasteiger partial charge >= 0.3 is 0 Å². The van der Waals surface area contributed by atoms with Crippen LogP contribution < -0.4 is 5.32 Å². The molecule has 0 aromatic heterocycles. The summed E-state index contributed by atoms with van der Waals surface area (Å²) in [5.41, 5.74) is 1.98. The summed E-state index contributed by atoms with van der Waals surface area (Å²) in [6.07, 6.45) is 3.68. The predicted octanol–water partition coefficient (Wildman–Crippen LogP) is 3.32. The third-order valence-corrected chi connectivity index (χ3v) is 6.35. The number of amides is 2. The number of carbonyl (C=O) groups excluding carboxylic acids is 2. The van der Waals surface area contributed by atoms with E-state index in [1.165, 1.54) is 5.56 Å². The van der Waals surface area contributed by atoms with Gasteiger partial charge < -0.3 is 10.2 Å². The Balaban J connectivity index is 1.52. The Labute approximate surface area is 179 Å². The molecule has 2 aromatic carbocycles. The molecule has 4 rings (SSSR count). The maximum atomic E-state index is 13.4. The Morgan fingerprint density at radius 3 is 2.40 bits per heavy atom. The minimum absolute atomic E-state index is 0.00150. The third-order valence-electron chi connectivity index (χ3n) is 6.35. The first-order valence-electron chi connectivity index (χ1n) is 11.1. The van der Waals surface area contributed by atoms with Crippen LogP contribution in [0.1, 0.15) is 41.6 Å². The lowest BCUT2D eigenvalue weighted by Crippen LogP contribution is -2.47. The average molecular weight is 406 g/mol. The van der Waals surface area contributed by atoms with E-state index in [2.05, 4.69) is 34.5 Å². The van der Waals surface area contributed by atoms with Gasteiger partial charge in [-0.3, -0.25) is 14.5 Å². The highest BCUT2D eigenvalue weighted by Gasteiger charge is 2.39. The van der Waals surface area contributed by atoms with Crippen molar-refractivity contribution in [2.45, 2.75) is 38.3 Å². The van der Waals surface area contributed by atoms with Crippen molar-refractivity contribution in [1.82, 2.24) is 15.1 Å². The summed E-state index contributed by atoms with van der Waals surface area (Å²) in [7, 11) is 0. The maximum Gasteiger partial charge on any atom is 0.254 e. The highest BCUT2D eigenvalue weighted by Crippen LogP contribution is 2.31. The number of fused-ring (bicyclic) bond motifs is 1. The molecule has 0 radical (unpaired) electrons. The summed E-state index contributed by atoms with van der Waals surface area (Å²) in [6.45, 7) is 3.93. The largest absolute Gasteiger partial charge is 0.355 e. The van der Waals surface area contributed by atoms with Crippen LogP contribution in [-0.4, -0.2) is 53.8 Å². The van der Waals surface area contributed by atoms with Gasteiger partial charge in [0.15, 0.2) is 0 Å². The first kappa shape index (κ1) is 20.6. The van der Waals surface area contributed by atoms with Crippen molar-refractivity contribution in [2.75, 3.05) is 26.2 Å². The van der Waals surface area contributed by atoms with Crippen LogP contribution in [-0.2, 0) is 11.3 Å². The fourth-order valence-electron chi connectivity index (χ4n) is 4.83. The molecule has 2 aromatic rings. The van der Waals surface area contributed by atoms with E-state index in [0.717, 1.165) is 45.3 Å². The first-order valence-corrected chi connectivity index (χ1v) is 11.1. The lowest BCUT2D eigenvalue weighted by atomic mass is 9.99. The molecule has 1 saturated heterocycles. The lowest BCUT2D eigenvalue weighted by Gasteiger charge is -2.33. The van der Waals surface area contributed by atoms with Crippen LogP contribution >= 0.6 is 0 Å². The minimum atomic E-state index is -0.0988. The van der Waals surface area contributed by atoms with Gasteiger partial charge in [0, 0.05) is 44.3 Å². The van der Waals surface area contributed by atoms with E-state index in [9.17, 15) is 9.59 Å². The standard InChI is InChI=1S/C25H31N3O2/c29-24-22-13-7-14-23(22)28(25(30)21-11-5-2-6-12-21)17-8-16-27(18-15-26-24)19-20-9-3-1-4-10-20/h1-6,9-12,22-23H,7-8,13-19H2,(H,26,29)/t22-,23+/m1/s1. The van der Waals surface area contributed by atoms with Crippen LogP contribution in [0.2, 0.25) is 0 Å². The zero-order valence-electron chi connectivity index (χ0n) is 17.5. The number of carbonyl (C=O) groups is 2. The smallest absolute Gasteiger partial charge is 0.254 e. The Hall–Kier alpha value is -2.66. The fraction of sp³-hybridized carbons (Fsp3) is 0.440. The molecule has 5 nitrogen and oxygen atoms in total. The van der Waals surface area contributed by atoms with Crippen molar-refractivity contribution in [1.29, 1.82) is 0 Å². The van der Waals surface area contributed by atoms with Gasteiger partial charge in [0.05, 0.1) is 5.92 Å². The molecule has 0 bridgehead atoms. The third kappa shape index (κ3) is 4.90. The fourth-order valence-corrected chi connectivity index (χ4v) is 4.83. The highest BCUT2D eigenvalue weighted by atomic mass is 16.2. The Morgan fingerprint density at radius 1 is 0.900 bits per heavy atom. The monoisotopic (exact) mass is 405 g/mol. The number of nitrogens with zero attached hydrogens (tertiary/aromatic N) is 2. The maximum absolute atomic E-state index is 13.4. The Kier molecular flexibility index (Phi) is 6.80. The molecule has 2 atom stereocenters. The van der Waals surface area contributed by atoms with E-state index >= 15 is 0 Å². The molecule has 2 aliphatic rings. The van der Waals surface area contributed by atoms with Crippen LogP contribution in [0.5, 0.6) is 0 Å². The van der Waals surface area contributed by atoms with Gasteiger partial charge in [-0.2, -0.15) is 0 Å². The molecule has 1 aliphatic carbocycles. The van der Waals surface area contributed by atoms with Gasteiger partial charge in [-0.25, -0.2) is 0 Å². The molecule has 0 unspecified atom stereocenters. The van der Waals surface area contributed by atoms with Gasteiger partial charge in [-0.05, 0) is 37.0 Å². The van der Waals surface area contributed by atoms with Crippen molar-refractivity contribution < 1.29 is 9.59 Å². The summed E-state index contributed by atoms with van der Waals surface area (Å²) in [4.78, 5) is 30.6. The molecular weight excluding hydrogens is 374 g/mol. The van der Waals surface area contributed by atoms with Crippen molar-refractivity contribution in [3.05, 3.63) is 71.8 Å². The Morgan fingerprint density at radius 2 is 1.63 bits per heavy atom. The molecule has 1 N–H and O–H groups in total. The second-order valence-electron chi connectivity index (χ2n) is 8.38. The van der Waals surface area contributed by atoms with E-state index in [4.69, 9.17) is 0 Å². The molecule has 5 heteroatoms. The quantitative estimate of drug-likeness (QED) is 0.852. The predicted molar refractivity (Wildman–Crippen MR) is 118 cm³/mol. The van der Waals surface area contributed by atoms with E-state index in [0.29, 0.717) is 18.7 Å². The van der Waals surface area contributed by atoms with Crippen molar-refractivity contribution >= 4 is 11.8 Å². The molecule has 2 fully saturated rings. The zero-order chi connectivity index (χ0) is 20.8. The summed E-state index contributed by atoms with van der Waals surface area (Å²) >= 11 is 0. The minimum Gasteiger partial charge on any atom is -0.355 e. The molecule has 2 amide bonds. The van der Waals surface area contributed by atoms with Crippen molar-refractivity contribution in [2.24, 2.45) is 5.92 Å². The van der Waals surface area contributed by atoms with Gasteiger partial charge in [-0.1, -0.05) is 55.0 Å². The number of rotatable bonds is 3.